The summed E-state index contributed by atoms with van der Waals surface area (Å²) in [6.07, 6.45) is 1.04. The van der Waals surface area contributed by atoms with Gasteiger partial charge in [-0.2, -0.15) is 9.30 Å². The summed E-state index contributed by atoms with van der Waals surface area (Å²) >= 11 is 1.47. The number of aryl methyl sites for hydroxylation is 3. The van der Waals surface area contributed by atoms with Crippen LogP contribution in [0.3, 0.4) is 0 Å². The molecule has 2 aromatic carbocycles. The average molecular weight is 472 g/mol. The van der Waals surface area contributed by atoms with Crippen molar-refractivity contribution >= 4 is 37.5 Å². The molecule has 1 aliphatic rings. The first kappa shape index (κ1) is 22.9. The fourth-order valence-corrected chi connectivity index (χ4v) is 7.53. The van der Waals surface area contributed by atoms with Crippen LogP contribution >= 0.6 is 11.3 Å². The van der Waals surface area contributed by atoms with E-state index < -0.39 is 10.0 Å². The van der Waals surface area contributed by atoms with Crippen molar-refractivity contribution in [1.82, 2.24) is 8.87 Å². The number of hydrogen-bond donors (Lipinski definition) is 0. The Bertz CT molecular complexity index is 1340. The Kier molecular flexibility index (Phi) is 6.13. The molecule has 0 N–H and O–H groups in total. The van der Waals surface area contributed by atoms with Crippen LogP contribution in [0.25, 0.3) is 10.2 Å². The average Bonchev–Trinajstić information content (AvgIpc) is 3.02. The number of thiazole rings is 1. The predicted octanol–water partition coefficient (Wildman–Crippen LogP) is 4.26. The first-order valence-corrected chi connectivity index (χ1v) is 13.1. The van der Waals surface area contributed by atoms with Crippen molar-refractivity contribution < 1.29 is 13.2 Å². The summed E-state index contributed by atoms with van der Waals surface area (Å²) < 4.78 is 30.7. The van der Waals surface area contributed by atoms with Crippen LogP contribution in [-0.4, -0.2) is 36.3 Å². The minimum absolute atomic E-state index is 0.217. The molecule has 8 heteroatoms. The number of rotatable bonds is 3. The molecule has 170 valence electrons. The van der Waals surface area contributed by atoms with Gasteiger partial charge < -0.3 is 4.57 Å². The number of hydrogen-bond acceptors (Lipinski definition) is 4. The molecule has 1 aromatic heterocycles. The lowest BCUT2D eigenvalue weighted by Gasteiger charge is -2.34. The van der Waals surface area contributed by atoms with Crippen LogP contribution in [-0.2, 0) is 17.1 Å². The van der Waals surface area contributed by atoms with Gasteiger partial charge in [0.25, 0.3) is 5.91 Å². The van der Waals surface area contributed by atoms with Crippen molar-refractivity contribution in [2.45, 2.75) is 39.0 Å². The lowest BCUT2D eigenvalue weighted by atomic mass is 9.94. The van der Waals surface area contributed by atoms with Gasteiger partial charge in [-0.3, -0.25) is 4.79 Å². The highest BCUT2D eigenvalue weighted by Gasteiger charge is 2.31. The van der Waals surface area contributed by atoms with Gasteiger partial charge in [0, 0.05) is 25.7 Å². The van der Waals surface area contributed by atoms with Gasteiger partial charge >= 0.3 is 0 Å². The molecule has 32 heavy (non-hydrogen) atoms. The summed E-state index contributed by atoms with van der Waals surface area (Å²) in [5.41, 5.74) is 3.75. The molecular formula is C24H29N3O3S2. The van der Waals surface area contributed by atoms with Gasteiger partial charge in [0.05, 0.1) is 15.1 Å². The van der Waals surface area contributed by atoms with E-state index in [4.69, 9.17) is 0 Å². The largest absolute Gasteiger partial charge is 0.319 e. The molecule has 2 atom stereocenters. The third-order valence-electron chi connectivity index (χ3n) is 6.01. The molecule has 4 rings (SSSR count). The molecule has 0 saturated carbocycles. The molecule has 1 fully saturated rings. The molecule has 1 saturated heterocycles. The van der Waals surface area contributed by atoms with Crippen LogP contribution in [0, 0.1) is 25.7 Å². The summed E-state index contributed by atoms with van der Waals surface area (Å²) in [4.78, 5) is 18.0. The Hall–Kier alpha value is -2.29. The van der Waals surface area contributed by atoms with Crippen LogP contribution < -0.4 is 4.80 Å². The maximum absolute atomic E-state index is 13.1. The van der Waals surface area contributed by atoms with Crippen LogP contribution in [0.15, 0.2) is 46.3 Å². The van der Waals surface area contributed by atoms with E-state index in [-0.39, 0.29) is 10.8 Å². The monoisotopic (exact) mass is 471 g/mol. The van der Waals surface area contributed by atoms with Gasteiger partial charge in [0.15, 0.2) is 4.80 Å². The van der Waals surface area contributed by atoms with E-state index in [1.54, 1.807) is 16.4 Å². The molecule has 3 aromatic rings. The zero-order chi connectivity index (χ0) is 23.2. The number of sulfonamides is 1. The van der Waals surface area contributed by atoms with Crippen molar-refractivity contribution in [3.05, 3.63) is 57.9 Å². The lowest BCUT2D eigenvalue weighted by Crippen LogP contribution is -2.42. The number of benzene rings is 2. The predicted molar refractivity (Wildman–Crippen MR) is 128 cm³/mol. The zero-order valence-corrected chi connectivity index (χ0v) is 20.8. The molecule has 0 bridgehead atoms. The van der Waals surface area contributed by atoms with E-state index in [2.05, 4.69) is 44.8 Å². The van der Waals surface area contributed by atoms with E-state index in [0.29, 0.717) is 35.3 Å². The highest BCUT2D eigenvalue weighted by atomic mass is 32.2. The van der Waals surface area contributed by atoms with Gasteiger partial charge in [-0.25, -0.2) is 8.42 Å². The number of carbonyl (C=O) groups is 1. The second kappa shape index (κ2) is 8.57. The van der Waals surface area contributed by atoms with E-state index in [9.17, 15) is 13.2 Å². The molecule has 0 spiro atoms. The standard InChI is InChI=1S/C24H29N3O3S2/c1-15-11-18(4)22-21(12-15)31-24(26(22)5)25-23(28)19-6-8-20(9-7-19)32(29,30)27-13-16(2)10-17(3)14-27/h6-9,11-12,16-17H,10,13-14H2,1-5H3. The number of carbonyl (C=O) groups excluding carboxylic acids is 1. The maximum atomic E-state index is 13.1. The Morgan fingerprint density at radius 1 is 1.06 bits per heavy atom. The van der Waals surface area contributed by atoms with E-state index >= 15 is 0 Å². The molecule has 1 amide bonds. The smallest absolute Gasteiger partial charge is 0.279 e. The first-order chi connectivity index (χ1) is 15.1. The third kappa shape index (κ3) is 4.31. The highest BCUT2D eigenvalue weighted by molar-refractivity contribution is 7.89. The second-order valence-electron chi connectivity index (χ2n) is 9.08. The van der Waals surface area contributed by atoms with Crippen LogP contribution in [0.5, 0.6) is 0 Å². The van der Waals surface area contributed by atoms with Crippen molar-refractivity contribution in [3.63, 3.8) is 0 Å². The van der Waals surface area contributed by atoms with Crippen molar-refractivity contribution in [1.29, 1.82) is 0 Å². The normalized spacial score (nSPS) is 20.7. The Labute approximate surface area is 193 Å². The van der Waals surface area contributed by atoms with E-state index in [0.717, 1.165) is 22.2 Å². The topological polar surface area (TPSA) is 71.7 Å². The van der Waals surface area contributed by atoms with Gasteiger partial charge in [-0.1, -0.05) is 31.3 Å². The maximum Gasteiger partial charge on any atom is 0.279 e. The van der Waals surface area contributed by atoms with E-state index in [1.165, 1.54) is 29.0 Å². The second-order valence-corrected chi connectivity index (χ2v) is 12.0. The number of fused-ring (bicyclic) bond motifs is 1. The summed E-state index contributed by atoms with van der Waals surface area (Å²) in [6, 6.07) is 10.3. The number of amides is 1. The summed E-state index contributed by atoms with van der Waals surface area (Å²) in [5.74, 6) is 0.288. The molecule has 0 aliphatic carbocycles. The van der Waals surface area contributed by atoms with Crippen molar-refractivity contribution in [3.8, 4) is 0 Å². The Morgan fingerprint density at radius 3 is 2.31 bits per heavy atom. The van der Waals surface area contributed by atoms with Gasteiger partial charge in [-0.15, -0.1) is 0 Å². The molecule has 0 radical (unpaired) electrons. The lowest BCUT2D eigenvalue weighted by molar-refractivity contribution is 0.0998. The number of piperidine rings is 1. The Balaban J connectivity index is 1.62. The molecule has 1 aliphatic heterocycles. The SMILES string of the molecule is Cc1cc(C)c2c(c1)sc(=NC(=O)c1ccc(S(=O)(=O)N3CC(C)CC(C)C3)cc1)n2C. The van der Waals surface area contributed by atoms with Gasteiger partial charge in [0.1, 0.15) is 0 Å². The molecule has 2 heterocycles. The van der Waals surface area contributed by atoms with Crippen LogP contribution in [0.4, 0.5) is 0 Å². The molecule has 2 unspecified atom stereocenters. The van der Waals surface area contributed by atoms with Crippen molar-refractivity contribution in [2.75, 3.05) is 13.1 Å². The fourth-order valence-electron chi connectivity index (χ4n) is 4.66. The van der Waals surface area contributed by atoms with Crippen LogP contribution in [0.1, 0.15) is 41.8 Å². The van der Waals surface area contributed by atoms with Gasteiger partial charge in [0.2, 0.25) is 10.0 Å². The quantitative estimate of drug-likeness (QED) is 0.573. The first-order valence-electron chi connectivity index (χ1n) is 10.8. The van der Waals surface area contributed by atoms with Gasteiger partial charge in [-0.05, 0) is 73.6 Å². The summed E-state index contributed by atoms with van der Waals surface area (Å²) in [5, 5.41) is 0. The number of aromatic nitrogens is 1. The minimum Gasteiger partial charge on any atom is -0.319 e. The Morgan fingerprint density at radius 2 is 1.69 bits per heavy atom. The minimum atomic E-state index is -3.57. The van der Waals surface area contributed by atoms with Crippen LogP contribution in [0.2, 0.25) is 0 Å². The summed E-state index contributed by atoms with van der Waals surface area (Å²) in [6.45, 7) is 9.33. The van der Waals surface area contributed by atoms with E-state index in [1.807, 2.05) is 11.6 Å². The van der Waals surface area contributed by atoms with Crippen molar-refractivity contribution in [2.24, 2.45) is 23.9 Å². The third-order valence-corrected chi connectivity index (χ3v) is 8.93. The summed E-state index contributed by atoms with van der Waals surface area (Å²) in [7, 11) is -1.67. The molecular weight excluding hydrogens is 442 g/mol. The zero-order valence-electron chi connectivity index (χ0n) is 19.1. The number of nitrogens with zero attached hydrogens (tertiary/aromatic N) is 3. The fraction of sp³-hybridized carbons (Fsp3) is 0.417. The molecule has 6 nitrogen and oxygen atoms in total. The highest BCUT2D eigenvalue weighted by Crippen LogP contribution is 2.27.